The lowest BCUT2D eigenvalue weighted by atomic mass is 9.86. The van der Waals surface area contributed by atoms with Gasteiger partial charge in [-0.15, -0.1) is 0 Å². The Hall–Kier alpha value is -1.65. The molecule has 0 aliphatic rings. The fourth-order valence-electron chi connectivity index (χ4n) is 2.22. The maximum absolute atomic E-state index is 13.7. The van der Waals surface area contributed by atoms with Crippen molar-refractivity contribution < 1.29 is 97.0 Å². The van der Waals surface area contributed by atoms with Crippen molar-refractivity contribution in [1.29, 1.82) is 0 Å². The van der Waals surface area contributed by atoms with Gasteiger partial charge in [0.2, 0.25) is 5.91 Å². The van der Waals surface area contributed by atoms with Crippen LogP contribution >= 0.6 is 11.8 Å². The number of primary amides is 1. The third kappa shape index (κ3) is 5.49. The van der Waals surface area contributed by atoms with E-state index in [0.29, 0.717) is 0 Å². The zero-order chi connectivity index (χ0) is 32.1. The van der Waals surface area contributed by atoms with Crippen LogP contribution in [0.2, 0.25) is 0 Å². The first kappa shape index (κ1) is 37.4. The van der Waals surface area contributed by atoms with Crippen LogP contribution in [0.4, 0.5) is 92.2 Å². The normalized spacial score (nSPS) is 16.0. The van der Waals surface area contributed by atoms with Crippen LogP contribution < -0.4 is 5.73 Å². The third-order valence-electron chi connectivity index (χ3n) is 4.63. The highest BCUT2D eigenvalue weighted by atomic mass is 32.2. The molecular formula is C15H10F21NOS. The molecule has 0 spiro atoms. The quantitative estimate of drug-likeness (QED) is 0.159. The van der Waals surface area contributed by atoms with Crippen LogP contribution in [0.25, 0.3) is 0 Å². The van der Waals surface area contributed by atoms with E-state index < -0.39 is 89.7 Å². The Labute approximate surface area is 205 Å². The number of carbonyl (C=O) groups excluding carboxylic acids is 1. The van der Waals surface area contributed by atoms with Crippen LogP contribution in [-0.4, -0.2) is 76.9 Å². The smallest absolute Gasteiger partial charge is 0.370 e. The van der Waals surface area contributed by atoms with Gasteiger partial charge in [0.25, 0.3) is 0 Å². The van der Waals surface area contributed by atoms with Crippen LogP contribution in [0.1, 0.15) is 12.8 Å². The number of carbonyl (C=O) groups is 1. The summed E-state index contributed by atoms with van der Waals surface area (Å²) in [5, 5.41) is 0. The second kappa shape index (κ2) is 10.3. The molecule has 0 radical (unpaired) electrons. The molecule has 1 amide bonds. The van der Waals surface area contributed by atoms with Gasteiger partial charge in [-0.3, -0.25) is 4.79 Å². The number of nitrogens with two attached hydrogens (primary N) is 1. The van der Waals surface area contributed by atoms with Crippen molar-refractivity contribution in [3.05, 3.63) is 0 Å². The van der Waals surface area contributed by atoms with Gasteiger partial charge in [0.15, 0.2) is 0 Å². The molecule has 24 heteroatoms. The van der Waals surface area contributed by atoms with Crippen LogP contribution in [0.3, 0.4) is 0 Å². The summed E-state index contributed by atoms with van der Waals surface area (Å²) in [4.78, 5) is 10.4. The molecule has 0 aromatic carbocycles. The fourth-order valence-corrected chi connectivity index (χ4v) is 3.17. The van der Waals surface area contributed by atoms with E-state index in [9.17, 15) is 97.0 Å². The molecule has 0 bridgehead atoms. The molecule has 0 aromatic heterocycles. The first-order chi connectivity index (χ1) is 16.7. The van der Waals surface area contributed by atoms with Gasteiger partial charge < -0.3 is 5.73 Å². The molecule has 0 aromatic rings. The molecule has 234 valence electrons. The molecule has 0 fully saturated rings. The summed E-state index contributed by atoms with van der Waals surface area (Å²) in [5.41, 5.74) is 4.58. The van der Waals surface area contributed by atoms with Crippen LogP contribution in [0, 0.1) is 0 Å². The number of alkyl halides is 21. The van der Waals surface area contributed by atoms with Crippen LogP contribution in [0.15, 0.2) is 0 Å². The summed E-state index contributed by atoms with van der Waals surface area (Å²) in [6, 6.07) is 0. The van der Waals surface area contributed by atoms with Crippen molar-refractivity contribution in [3.8, 4) is 0 Å². The minimum Gasteiger partial charge on any atom is -0.370 e. The van der Waals surface area contributed by atoms with E-state index in [0.717, 1.165) is 0 Å². The SMILES string of the molecule is NC(=O)CCSCCC(F)(F)C(F)(F)C(F)(F)C(F)(F)C(F)(F)C(F)(F)C(F)(F)C(F)(F)C(F)(F)C(F)(F)F. The highest BCUT2D eigenvalue weighted by Crippen LogP contribution is 2.66. The minimum absolute atomic E-state index is 0.00266. The molecule has 0 saturated heterocycles. The maximum Gasteiger partial charge on any atom is 0.460 e. The topological polar surface area (TPSA) is 43.1 Å². The lowest BCUT2D eigenvalue weighted by molar-refractivity contribution is -0.474. The van der Waals surface area contributed by atoms with Crippen molar-refractivity contribution in [2.24, 2.45) is 5.73 Å². The monoisotopic (exact) mass is 651 g/mol. The van der Waals surface area contributed by atoms with Crippen molar-refractivity contribution >= 4 is 17.7 Å². The van der Waals surface area contributed by atoms with E-state index in [-0.39, 0.29) is 11.8 Å². The van der Waals surface area contributed by atoms with Gasteiger partial charge >= 0.3 is 59.5 Å². The number of halogens is 21. The number of amides is 1. The number of rotatable bonds is 14. The summed E-state index contributed by atoms with van der Waals surface area (Å²) < 4.78 is 278. The zero-order valence-corrected chi connectivity index (χ0v) is 18.5. The number of hydrogen-bond donors (Lipinski definition) is 1. The second-order valence-electron chi connectivity index (χ2n) is 7.38. The summed E-state index contributed by atoms with van der Waals surface area (Å²) in [6.45, 7) is 0. The maximum atomic E-state index is 13.7. The van der Waals surface area contributed by atoms with Crippen LogP contribution in [-0.2, 0) is 4.79 Å². The van der Waals surface area contributed by atoms with E-state index in [1.807, 2.05) is 0 Å². The lowest BCUT2D eigenvalue weighted by Crippen LogP contribution is -2.76. The van der Waals surface area contributed by atoms with Gasteiger partial charge in [-0.1, -0.05) is 0 Å². The fraction of sp³-hybridized carbons (Fsp3) is 0.933. The number of hydrogen-bond acceptors (Lipinski definition) is 2. The van der Waals surface area contributed by atoms with E-state index in [1.54, 1.807) is 0 Å². The molecule has 0 rings (SSSR count). The van der Waals surface area contributed by atoms with Gasteiger partial charge in [0.1, 0.15) is 0 Å². The first-order valence-corrected chi connectivity index (χ1v) is 10.2. The lowest BCUT2D eigenvalue weighted by Gasteiger charge is -2.44. The Bertz CT molecular complexity index is 879. The van der Waals surface area contributed by atoms with Gasteiger partial charge in [0.05, 0.1) is 0 Å². The van der Waals surface area contributed by atoms with Crippen molar-refractivity contribution in [2.45, 2.75) is 72.3 Å². The Kier molecular flexibility index (Phi) is 9.88. The highest BCUT2D eigenvalue weighted by Gasteiger charge is 2.97. The van der Waals surface area contributed by atoms with Crippen molar-refractivity contribution in [1.82, 2.24) is 0 Å². The highest BCUT2D eigenvalue weighted by molar-refractivity contribution is 7.99. The van der Waals surface area contributed by atoms with Crippen molar-refractivity contribution in [2.75, 3.05) is 11.5 Å². The predicted octanol–water partition coefficient (Wildman–Crippen LogP) is 7.27. The Morgan fingerprint density at radius 2 is 0.744 bits per heavy atom. The Balaban J connectivity index is 6.64. The molecule has 0 atom stereocenters. The average molecular weight is 651 g/mol. The summed E-state index contributed by atoms with van der Waals surface area (Å²) in [5.74, 6) is -80.1. The van der Waals surface area contributed by atoms with E-state index in [1.165, 1.54) is 0 Å². The molecule has 2 nitrogen and oxygen atoms in total. The van der Waals surface area contributed by atoms with E-state index in [4.69, 9.17) is 0 Å². The first-order valence-electron chi connectivity index (χ1n) is 9.00. The Morgan fingerprint density at radius 1 is 0.462 bits per heavy atom. The summed E-state index contributed by atoms with van der Waals surface area (Å²) >= 11 is 0.00266. The van der Waals surface area contributed by atoms with Gasteiger partial charge in [0, 0.05) is 18.6 Å². The van der Waals surface area contributed by atoms with Gasteiger partial charge in [-0.05, 0) is 5.75 Å². The molecule has 0 aliphatic carbocycles. The molecule has 2 N–H and O–H groups in total. The Morgan fingerprint density at radius 3 is 1.03 bits per heavy atom. The second-order valence-corrected chi connectivity index (χ2v) is 8.60. The molecule has 0 heterocycles. The zero-order valence-electron chi connectivity index (χ0n) is 17.7. The minimum atomic E-state index is -9.18. The van der Waals surface area contributed by atoms with Gasteiger partial charge in [-0.2, -0.15) is 104 Å². The van der Waals surface area contributed by atoms with Crippen LogP contribution in [0.5, 0.6) is 0 Å². The predicted molar refractivity (Wildman–Crippen MR) is 86.3 cm³/mol. The number of thioether (sulfide) groups is 1. The largest absolute Gasteiger partial charge is 0.460 e. The van der Waals surface area contributed by atoms with Crippen molar-refractivity contribution in [3.63, 3.8) is 0 Å². The molecular weight excluding hydrogens is 641 g/mol. The molecule has 0 saturated carbocycles. The third-order valence-corrected chi connectivity index (χ3v) is 5.61. The van der Waals surface area contributed by atoms with Gasteiger partial charge in [-0.25, -0.2) is 0 Å². The molecule has 0 aliphatic heterocycles. The summed E-state index contributed by atoms with van der Waals surface area (Å²) in [7, 11) is 0. The van der Waals surface area contributed by atoms with E-state index in [2.05, 4.69) is 5.73 Å². The average Bonchev–Trinajstić information content (AvgIpc) is 2.71. The summed E-state index contributed by atoms with van der Waals surface area (Å²) in [6.07, 6.45) is -11.4. The standard InChI is InChI=1S/C15H10F21NOS/c16-6(17,2-4-39-3-1-5(37)38)7(18,19)8(20,21)9(22,23)10(24,25)11(26,27)12(28,29)13(30,31)14(32,33)15(34,35)36/h1-4H2,(H2,37,38). The van der Waals surface area contributed by atoms with E-state index >= 15 is 0 Å². The molecule has 0 unspecified atom stereocenters. The molecule has 39 heavy (non-hydrogen) atoms.